The minimum Gasteiger partial charge on any atom is -0.465 e. The van der Waals surface area contributed by atoms with E-state index in [1.165, 1.54) is 18.9 Å². The Kier molecular flexibility index (Phi) is 6.57. The van der Waals surface area contributed by atoms with Crippen molar-refractivity contribution < 1.29 is 14.3 Å². The van der Waals surface area contributed by atoms with Crippen LogP contribution in [0.2, 0.25) is 0 Å². The topological polar surface area (TPSA) is 99.0 Å². The van der Waals surface area contributed by atoms with Crippen LogP contribution in [0.1, 0.15) is 10.4 Å². The Hall–Kier alpha value is -3.98. The fourth-order valence-electron chi connectivity index (χ4n) is 2.91. The molecular formula is C23H19N5O3S. The number of carbonyl (C=O) groups excluding carboxylic acids is 2. The monoisotopic (exact) mass is 445 g/mol. The van der Waals surface area contributed by atoms with Gasteiger partial charge in [-0.3, -0.25) is 4.79 Å². The highest BCUT2D eigenvalue weighted by Gasteiger charge is 2.08. The van der Waals surface area contributed by atoms with Gasteiger partial charge in [-0.05, 0) is 48.5 Å². The first-order valence-corrected chi connectivity index (χ1v) is 10.6. The van der Waals surface area contributed by atoms with Crippen molar-refractivity contribution in [3.63, 3.8) is 0 Å². The van der Waals surface area contributed by atoms with Crippen molar-refractivity contribution >= 4 is 29.3 Å². The van der Waals surface area contributed by atoms with Gasteiger partial charge >= 0.3 is 5.97 Å². The number of methoxy groups -OCH3 is 1. The molecule has 0 fully saturated rings. The zero-order valence-electron chi connectivity index (χ0n) is 17.1. The van der Waals surface area contributed by atoms with Gasteiger partial charge in [0.05, 0.1) is 30.4 Å². The van der Waals surface area contributed by atoms with Crippen LogP contribution in [-0.2, 0) is 9.53 Å². The first kappa shape index (κ1) is 21.3. The molecule has 2 aromatic heterocycles. The van der Waals surface area contributed by atoms with Gasteiger partial charge in [0.2, 0.25) is 5.91 Å². The minimum atomic E-state index is -0.422. The normalized spacial score (nSPS) is 10.5. The molecule has 1 amide bonds. The van der Waals surface area contributed by atoms with Gasteiger partial charge in [-0.2, -0.15) is 0 Å². The zero-order chi connectivity index (χ0) is 22.3. The van der Waals surface area contributed by atoms with Crippen molar-refractivity contribution in [3.05, 3.63) is 84.9 Å². The number of nitrogens with one attached hydrogen (secondary N) is 1. The first-order valence-electron chi connectivity index (χ1n) is 9.66. The molecule has 4 rings (SSSR count). The number of rotatable bonds is 7. The van der Waals surface area contributed by atoms with E-state index in [4.69, 9.17) is 0 Å². The smallest absolute Gasteiger partial charge is 0.337 e. The summed E-state index contributed by atoms with van der Waals surface area (Å²) in [6, 6.07) is 18.2. The van der Waals surface area contributed by atoms with E-state index >= 15 is 0 Å². The highest BCUT2D eigenvalue weighted by Crippen LogP contribution is 2.21. The van der Waals surface area contributed by atoms with Crippen LogP contribution in [0.3, 0.4) is 0 Å². The van der Waals surface area contributed by atoms with Crippen LogP contribution in [-0.4, -0.2) is 44.5 Å². The third-order valence-electron chi connectivity index (χ3n) is 4.55. The third-order valence-corrected chi connectivity index (χ3v) is 5.47. The second-order valence-corrected chi connectivity index (χ2v) is 7.68. The summed E-state index contributed by atoms with van der Waals surface area (Å²) in [4.78, 5) is 27.7. The standard InChI is InChI=1S/C23H19N5O3S/c1-31-23(30)17-2-6-18(7-3-17)25-21(29)14-32-22-11-10-20(26-27-22)16-4-8-19(9-5-16)28-13-12-24-15-28/h2-13,15H,14H2,1H3,(H,25,29). The van der Waals surface area contributed by atoms with Gasteiger partial charge in [0.15, 0.2) is 0 Å². The predicted octanol–water partition coefficient (Wildman–Crippen LogP) is 3.85. The molecule has 0 aliphatic rings. The maximum absolute atomic E-state index is 12.2. The van der Waals surface area contributed by atoms with Crippen molar-refractivity contribution in [3.8, 4) is 16.9 Å². The van der Waals surface area contributed by atoms with Gasteiger partial charge in [-0.1, -0.05) is 23.9 Å². The minimum absolute atomic E-state index is 0.179. The Balaban J connectivity index is 1.31. The fraction of sp³-hybridized carbons (Fsp3) is 0.0870. The molecule has 0 spiro atoms. The molecule has 9 heteroatoms. The van der Waals surface area contributed by atoms with Crippen LogP contribution in [0.15, 0.2) is 84.4 Å². The number of esters is 1. The number of carbonyl (C=O) groups is 2. The van der Waals surface area contributed by atoms with Crippen molar-refractivity contribution in [1.82, 2.24) is 19.7 Å². The molecule has 0 saturated carbocycles. The van der Waals surface area contributed by atoms with Crippen LogP contribution < -0.4 is 5.32 Å². The molecule has 2 heterocycles. The van der Waals surface area contributed by atoms with Crippen LogP contribution in [0.4, 0.5) is 5.69 Å². The summed E-state index contributed by atoms with van der Waals surface area (Å²) in [6.45, 7) is 0. The number of amides is 1. The second kappa shape index (κ2) is 9.88. The van der Waals surface area contributed by atoms with Gasteiger partial charge in [-0.15, -0.1) is 10.2 Å². The summed E-state index contributed by atoms with van der Waals surface area (Å²) in [5.74, 6) is -0.414. The van der Waals surface area contributed by atoms with E-state index in [-0.39, 0.29) is 11.7 Å². The van der Waals surface area contributed by atoms with Crippen LogP contribution in [0.5, 0.6) is 0 Å². The molecule has 0 aliphatic heterocycles. The lowest BCUT2D eigenvalue weighted by Gasteiger charge is -2.06. The van der Waals surface area contributed by atoms with E-state index in [1.54, 1.807) is 36.8 Å². The van der Waals surface area contributed by atoms with Gasteiger partial charge in [-0.25, -0.2) is 9.78 Å². The Morgan fingerprint density at radius 3 is 2.41 bits per heavy atom. The van der Waals surface area contributed by atoms with E-state index in [0.717, 1.165) is 16.9 Å². The van der Waals surface area contributed by atoms with E-state index in [9.17, 15) is 9.59 Å². The van der Waals surface area contributed by atoms with Gasteiger partial charge in [0, 0.05) is 29.3 Å². The second-order valence-electron chi connectivity index (χ2n) is 6.68. The lowest BCUT2D eigenvalue weighted by molar-refractivity contribution is -0.113. The maximum atomic E-state index is 12.2. The maximum Gasteiger partial charge on any atom is 0.337 e. The number of imidazole rings is 1. The van der Waals surface area contributed by atoms with Crippen LogP contribution >= 0.6 is 11.8 Å². The van der Waals surface area contributed by atoms with E-state index in [2.05, 4.69) is 25.2 Å². The van der Waals surface area contributed by atoms with Crippen molar-refractivity contribution in [2.75, 3.05) is 18.2 Å². The molecule has 1 N–H and O–H groups in total. The molecule has 0 bridgehead atoms. The number of ether oxygens (including phenoxy) is 1. The molecule has 8 nitrogen and oxygen atoms in total. The fourth-order valence-corrected chi connectivity index (χ4v) is 3.53. The number of aromatic nitrogens is 4. The summed E-state index contributed by atoms with van der Waals surface area (Å²) < 4.78 is 6.58. The highest BCUT2D eigenvalue weighted by molar-refractivity contribution is 7.99. The summed E-state index contributed by atoms with van der Waals surface area (Å²) in [7, 11) is 1.32. The van der Waals surface area contributed by atoms with Crippen LogP contribution in [0.25, 0.3) is 16.9 Å². The number of hydrogen-bond donors (Lipinski definition) is 1. The molecule has 0 aliphatic carbocycles. The number of nitrogens with zero attached hydrogens (tertiary/aromatic N) is 4. The molecule has 160 valence electrons. The molecule has 32 heavy (non-hydrogen) atoms. The van der Waals surface area contributed by atoms with E-state index in [0.29, 0.717) is 16.3 Å². The van der Waals surface area contributed by atoms with Gasteiger partial charge in [0.25, 0.3) is 0 Å². The van der Waals surface area contributed by atoms with Crippen molar-refractivity contribution in [2.24, 2.45) is 0 Å². The predicted molar refractivity (Wildman–Crippen MR) is 122 cm³/mol. The number of thioether (sulfide) groups is 1. The average molecular weight is 446 g/mol. The molecule has 0 saturated heterocycles. The number of hydrogen-bond acceptors (Lipinski definition) is 7. The Bertz CT molecular complexity index is 1190. The Morgan fingerprint density at radius 2 is 1.78 bits per heavy atom. The molecule has 0 radical (unpaired) electrons. The molecule has 2 aromatic carbocycles. The van der Waals surface area contributed by atoms with Crippen LogP contribution in [0, 0.1) is 0 Å². The number of benzene rings is 2. The summed E-state index contributed by atoms with van der Waals surface area (Å²) >= 11 is 1.29. The van der Waals surface area contributed by atoms with Gasteiger partial charge < -0.3 is 14.6 Å². The average Bonchev–Trinajstić information content (AvgIpc) is 3.38. The van der Waals surface area contributed by atoms with Crippen molar-refractivity contribution in [2.45, 2.75) is 5.03 Å². The summed E-state index contributed by atoms with van der Waals surface area (Å²) in [5.41, 5.74) is 3.74. The van der Waals surface area contributed by atoms with Gasteiger partial charge in [0.1, 0.15) is 5.03 Å². The van der Waals surface area contributed by atoms with E-state index < -0.39 is 5.97 Å². The SMILES string of the molecule is COC(=O)c1ccc(NC(=O)CSc2ccc(-c3ccc(-n4ccnc4)cc3)nn2)cc1. The van der Waals surface area contributed by atoms with E-state index in [1.807, 2.05) is 47.2 Å². The summed E-state index contributed by atoms with van der Waals surface area (Å²) in [6.07, 6.45) is 5.36. The third kappa shape index (κ3) is 5.19. The highest BCUT2D eigenvalue weighted by atomic mass is 32.2. The molecular weight excluding hydrogens is 426 g/mol. The zero-order valence-corrected chi connectivity index (χ0v) is 18.0. The van der Waals surface area contributed by atoms with Crippen molar-refractivity contribution in [1.29, 1.82) is 0 Å². The number of anilines is 1. The molecule has 0 unspecified atom stereocenters. The Labute approximate surface area is 188 Å². The molecule has 4 aromatic rings. The largest absolute Gasteiger partial charge is 0.465 e. The lowest BCUT2D eigenvalue weighted by Crippen LogP contribution is -2.14. The quantitative estimate of drug-likeness (QED) is 0.341. The Morgan fingerprint density at radius 1 is 1.00 bits per heavy atom. The lowest BCUT2D eigenvalue weighted by atomic mass is 10.1. The first-order chi connectivity index (χ1) is 15.6. The molecule has 0 atom stereocenters. The summed E-state index contributed by atoms with van der Waals surface area (Å²) in [5, 5.41) is 11.9.